The quantitative estimate of drug-likeness (QED) is 0.813. The molecule has 1 aliphatic heterocycles. The second kappa shape index (κ2) is 8.50. The Balaban J connectivity index is 1.90. The van der Waals surface area contributed by atoms with Gasteiger partial charge in [0.05, 0.1) is 0 Å². The number of hydrogen-bond donors (Lipinski definition) is 1. The molecule has 3 heteroatoms. The standard InChI is InChI=1S/C18H37N3/c1-5-11-19-18(17-9-7-6-8-10-17)14-21-12-15(2)20(4)16(3)13-21/h15-19H,5-14H2,1-4H3. The molecule has 0 radical (unpaired) electrons. The van der Waals surface area contributed by atoms with Crippen molar-refractivity contribution < 1.29 is 0 Å². The van der Waals surface area contributed by atoms with E-state index >= 15 is 0 Å². The summed E-state index contributed by atoms with van der Waals surface area (Å²) in [4.78, 5) is 5.25. The first-order valence-electron chi connectivity index (χ1n) is 9.29. The first-order valence-corrected chi connectivity index (χ1v) is 9.29. The van der Waals surface area contributed by atoms with E-state index in [-0.39, 0.29) is 0 Å². The van der Waals surface area contributed by atoms with Crippen LogP contribution in [0.3, 0.4) is 0 Å². The highest BCUT2D eigenvalue weighted by atomic mass is 15.3. The molecule has 3 atom stereocenters. The molecule has 0 spiro atoms. The lowest BCUT2D eigenvalue weighted by Crippen LogP contribution is -2.58. The molecule has 0 aromatic carbocycles. The van der Waals surface area contributed by atoms with Crippen molar-refractivity contribution in [2.24, 2.45) is 5.92 Å². The molecule has 21 heavy (non-hydrogen) atoms. The van der Waals surface area contributed by atoms with Crippen molar-refractivity contribution in [3.8, 4) is 0 Å². The van der Waals surface area contributed by atoms with Crippen LogP contribution >= 0.6 is 0 Å². The molecule has 0 aromatic rings. The highest BCUT2D eigenvalue weighted by molar-refractivity contribution is 4.88. The molecule has 0 aromatic heterocycles. The molecular formula is C18H37N3. The zero-order chi connectivity index (χ0) is 15.2. The van der Waals surface area contributed by atoms with Crippen molar-refractivity contribution in [2.75, 3.05) is 33.2 Å². The first-order chi connectivity index (χ1) is 10.1. The fraction of sp³-hybridized carbons (Fsp3) is 1.00. The van der Waals surface area contributed by atoms with Gasteiger partial charge < -0.3 is 5.32 Å². The molecule has 1 saturated carbocycles. The average Bonchev–Trinajstić information content (AvgIpc) is 2.49. The van der Waals surface area contributed by atoms with Gasteiger partial charge in [-0.15, -0.1) is 0 Å². The molecule has 1 heterocycles. The number of nitrogens with zero attached hydrogens (tertiary/aromatic N) is 2. The van der Waals surface area contributed by atoms with Crippen molar-refractivity contribution in [2.45, 2.75) is 77.4 Å². The van der Waals surface area contributed by atoms with Gasteiger partial charge in [0.1, 0.15) is 0 Å². The molecule has 1 aliphatic carbocycles. The van der Waals surface area contributed by atoms with Crippen molar-refractivity contribution in [1.29, 1.82) is 0 Å². The third-order valence-electron chi connectivity index (χ3n) is 5.77. The zero-order valence-electron chi connectivity index (χ0n) is 14.8. The Bertz CT molecular complexity index is 276. The minimum Gasteiger partial charge on any atom is -0.312 e. The average molecular weight is 296 g/mol. The lowest BCUT2D eigenvalue weighted by Gasteiger charge is -2.44. The van der Waals surface area contributed by atoms with Gasteiger partial charge in [-0.3, -0.25) is 9.80 Å². The van der Waals surface area contributed by atoms with E-state index in [9.17, 15) is 0 Å². The minimum absolute atomic E-state index is 0.687. The number of rotatable bonds is 6. The summed E-state index contributed by atoms with van der Waals surface area (Å²) in [6.45, 7) is 11.9. The SMILES string of the molecule is CCCNC(CN1CC(C)N(C)C(C)C1)C1CCCCC1. The summed E-state index contributed by atoms with van der Waals surface area (Å²) in [5.74, 6) is 0.913. The Kier molecular flexibility index (Phi) is 6.97. The Morgan fingerprint density at radius 3 is 2.24 bits per heavy atom. The van der Waals surface area contributed by atoms with E-state index in [1.807, 2.05) is 0 Å². The lowest BCUT2D eigenvalue weighted by molar-refractivity contribution is 0.0473. The van der Waals surface area contributed by atoms with Crippen LogP contribution in [-0.4, -0.2) is 61.2 Å². The minimum atomic E-state index is 0.687. The van der Waals surface area contributed by atoms with Crippen LogP contribution in [0.15, 0.2) is 0 Å². The number of hydrogen-bond acceptors (Lipinski definition) is 3. The van der Waals surface area contributed by atoms with Crippen LogP contribution in [0.25, 0.3) is 0 Å². The maximum Gasteiger partial charge on any atom is 0.0223 e. The fourth-order valence-corrected chi connectivity index (χ4v) is 4.19. The van der Waals surface area contributed by atoms with Crippen molar-refractivity contribution in [3.05, 3.63) is 0 Å². The van der Waals surface area contributed by atoms with E-state index in [0.717, 1.165) is 5.92 Å². The molecule has 2 rings (SSSR count). The Labute approximate surface area is 132 Å². The normalized spacial score (nSPS) is 31.4. The van der Waals surface area contributed by atoms with Gasteiger partial charge >= 0.3 is 0 Å². The van der Waals surface area contributed by atoms with Crippen LogP contribution in [0, 0.1) is 5.92 Å². The van der Waals surface area contributed by atoms with Gasteiger partial charge in [0.2, 0.25) is 0 Å². The van der Waals surface area contributed by atoms with E-state index in [1.165, 1.54) is 64.7 Å². The van der Waals surface area contributed by atoms with Gasteiger partial charge in [-0.2, -0.15) is 0 Å². The van der Waals surface area contributed by atoms with Gasteiger partial charge in [0.25, 0.3) is 0 Å². The summed E-state index contributed by atoms with van der Waals surface area (Å²) in [6.07, 6.45) is 8.49. The van der Waals surface area contributed by atoms with Crippen LogP contribution in [0.1, 0.15) is 59.3 Å². The summed E-state index contributed by atoms with van der Waals surface area (Å²) < 4.78 is 0. The third-order valence-corrected chi connectivity index (χ3v) is 5.77. The predicted molar refractivity (Wildman–Crippen MR) is 91.8 cm³/mol. The van der Waals surface area contributed by atoms with Crippen LogP contribution < -0.4 is 5.32 Å². The fourth-order valence-electron chi connectivity index (χ4n) is 4.19. The predicted octanol–water partition coefficient (Wildman–Crippen LogP) is 2.96. The second-order valence-electron chi connectivity index (χ2n) is 7.54. The molecule has 2 aliphatic rings. The Morgan fingerprint density at radius 1 is 1.05 bits per heavy atom. The van der Waals surface area contributed by atoms with E-state index in [1.54, 1.807) is 0 Å². The molecule has 0 amide bonds. The van der Waals surface area contributed by atoms with Crippen molar-refractivity contribution in [1.82, 2.24) is 15.1 Å². The molecule has 1 saturated heterocycles. The van der Waals surface area contributed by atoms with E-state index in [4.69, 9.17) is 0 Å². The van der Waals surface area contributed by atoms with Gasteiger partial charge in [0, 0.05) is 37.8 Å². The molecule has 0 bridgehead atoms. The topological polar surface area (TPSA) is 18.5 Å². The zero-order valence-corrected chi connectivity index (χ0v) is 14.8. The largest absolute Gasteiger partial charge is 0.312 e. The second-order valence-corrected chi connectivity index (χ2v) is 7.54. The number of piperazine rings is 1. The van der Waals surface area contributed by atoms with Crippen LogP contribution in [0.4, 0.5) is 0 Å². The summed E-state index contributed by atoms with van der Waals surface area (Å²) in [6, 6.07) is 2.09. The summed E-state index contributed by atoms with van der Waals surface area (Å²) in [5.41, 5.74) is 0. The van der Waals surface area contributed by atoms with E-state index in [0.29, 0.717) is 18.1 Å². The van der Waals surface area contributed by atoms with Gasteiger partial charge in [-0.25, -0.2) is 0 Å². The van der Waals surface area contributed by atoms with Gasteiger partial charge in [-0.05, 0) is 52.6 Å². The van der Waals surface area contributed by atoms with E-state index < -0.39 is 0 Å². The first kappa shape index (κ1) is 17.2. The van der Waals surface area contributed by atoms with Crippen molar-refractivity contribution >= 4 is 0 Å². The van der Waals surface area contributed by atoms with Crippen LogP contribution in [-0.2, 0) is 0 Å². The number of nitrogens with one attached hydrogen (secondary N) is 1. The maximum atomic E-state index is 3.87. The maximum absolute atomic E-state index is 3.87. The van der Waals surface area contributed by atoms with Gasteiger partial charge in [-0.1, -0.05) is 26.2 Å². The van der Waals surface area contributed by atoms with Gasteiger partial charge in [0.15, 0.2) is 0 Å². The van der Waals surface area contributed by atoms with Crippen LogP contribution in [0.2, 0.25) is 0 Å². The third kappa shape index (κ3) is 4.94. The lowest BCUT2D eigenvalue weighted by atomic mass is 9.83. The Hall–Kier alpha value is -0.120. The summed E-state index contributed by atoms with van der Waals surface area (Å²) in [7, 11) is 2.28. The smallest absolute Gasteiger partial charge is 0.0223 e. The van der Waals surface area contributed by atoms with Crippen LogP contribution in [0.5, 0.6) is 0 Å². The molecule has 1 N–H and O–H groups in total. The molecule has 3 unspecified atom stereocenters. The highest BCUT2D eigenvalue weighted by Crippen LogP contribution is 2.27. The summed E-state index contributed by atoms with van der Waals surface area (Å²) >= 11 is 0. The highest BCUT2D eigenvalue weighted by Gasteiger charge is 2.30. The summed E-state index contributed by atoms with van der Waals surface area (Å²) in [5, 5.41) is 3.87. The number of likely N-dealkylation sites (N-methyl/N-ethyl adjacent to an activating group) is 1. The molecule has 3 nitrogen and oxygen atoms in total. The molecular weight excluding hydrogens is 258 g/mol. The van der Waals surface area contributed by atoms with E-state index in [2.05, 4.69) is 42.9 Å². The molecule has 2 fully saturated rings. The van der Waals surface area contributed by atoms with Crippen molar-refractivity contribution in [3.63, 3.8) is 0 Å². The Morgan fingerprint density at radius 2 is 1.67 bits per heavy atom. The monoisotopic (exact) mass is 295 g/mol. The molecule has 124 valence electrons.